The number of hydrogen-bond donors (Lipinski definition) is 2. The normalized spacial score (nSPS) is 10.3. The molecule has 0 unspecified atom stereocenters. The number of anilines is 2. The Bertz CT molecular complexity index is 708. The number of nitrogen functional groups attached to an aromatic ring is 1. The molecule has 0 bridgehead atoms. The van der Waals surface area contributed by atoms with Crippen LogP contribution in [0.15, 0.2) is 34.8 Å². The number of hydrogen-bond acceptors (Lipinski definition) is 3. The lowest BCUT2D eigenvalue weighted by Gasteiger charge is -2.12. The van der Waals surface area contributed by atoms with Crippen molar-refractivity contribution in [2.45, 2.75) is 0 Å². The third-order valence-electron chi connectivity index (χ3n) is 2.76. The van der Waals surface area contributed by atoms with Gasteiger partial charge in [-0.3, -0.25) is 4.79 Å². The number of halogens is 3. The fraction of sp³-hybridized carbons (Fsp3) is 0.0714. The van der Waals surface area contributed by atoms with Crippen molar-refractivity contribution in [3.8, 4) is 5.75 Å². The van der Waals surface area contributed by atoms with Gasteiger partial charge < -0.3 is 15.8 Å². The first kappa shape index (κ1) is 15.2. The van der Waals surface area contributed by atoms with Crippen LogP contribution in [0.25, 0.3) is 0 Å². The molecule has 0 fully saturated rings. The molecule has 0 saturated heterocycles. The van der Waals surface area contributed by atoms with Crippen LogP contribution in [0.4, 0.5) is 20.2 Å². The van der Waals surface area contributed by atoms with Crippen molar-refractivity contribution in [1.82, 2.24) is 0 Å². The maximum Gasteiger partial charge on any atom is 0.261 e. The Balaban J connectivity index is 2.37. The van der Waals surface area contributed by atoms with Gasteiger partial charge >= 0.3 is 0 Å². The highest BCUT2D eigenvalue weighted by atomic mass is 79.9. The summed E-state index contributed by atoms with van der Waals surface area (Å²) in [4.78, 5) is 12.2. The molecule has 0 atom stereocenters. The Hall–Kier alpha value is -2.15. The second-order valence-electron chi connectivity index (χ2n) is 4.12. The lowest BCUT2D eigenvalue weighted by Crippen LogP contribution is -2.16. The molecule has 0 aliphatic heterocycles. The lowest BCUT2D eigenvalue weighted by atomic mass is 10.1. The molecule has 2 rings (SSSR count). The third-order valence-corrected chi connectivity index (χ3v) is 3.37. The molecule has 2 aromatic rings. The van der Waals surface area contributed by atoms with E-state index < -0.39 is 17.5 Å². The van der Waals surface area contributed by atoms with Gasteiger partial charge in [0.25, 0.3) is 5.91 Å². The molecule has 0 aliphatic rings. The maximum absolute atomic E-state index is 13.7. The van der Waals surface area contributed by atoms with Crippen molar-refractivity contribution in [2.75, 3.05) is 18.2 Å². The molecule has 1 amide bonds. The van der Waals surface area contributed by atoms with Crippen molar-refractivity contribution in [1.29, 1.82) is 0 Å². The van der Waals surface area contributed by atoms with Gasteiger partial charge in [0.1, 0.15) is 22.9 Å². The van der Waals surface area contributed by atoms with Crippen LogP contribution >= 0.6 is 15.9 Å². The maximum atomic E-state index is 13.7. The van der Waals surface area contributed by atoms with Crippen LogP contribution in [-0.2, 0) is 0 Å². The molecule has 110 valence electrons. The number of amides is 1. The van der Waals surface area contributed by atoms with Gasteiger partial charge in [-0.15, -0.1) is 0 Å². The molecule has 0 spiro atoms. The summed E-state index contributed by atoms with van der Waals surface area (Å²) in [5, 5.41) is 2.28. The minimum atomic E-state index is -0.773. The van der Waals surface area contributed by atoms with Crippen LogP contribution < -0.4 is 15.8 Å². The quantitative estimate of drug-likeness (QED) is 0.652. The Kier molecular flexibility index (Phi) is 4.42. The SMILES string of the molecule is COc1cccc(N)c1C(=O)Nc1cc(F)c(Br)cc1F. The number of carbonyl (C=O) groups is 1. The molecular formula is C14H11BrF2N2O2. The monoisotopic (exact) mass is 356 g/mol. The number of nitrogens with two attached hydrogens (primary N) is 1. The molecule has 0 aliphatic carbocycles. The molecule has 0 radical (unpaired) electrons. The minimum absolute atomic E-state index is 0.0326. The van der Waals surface area contributed by atoms with E-state index in [0.29, 0.717) is 0 Å². The predicted octanol–water partition coefficient (Wildman–Crippen LogP) is 3.57. The van der Waals surface area contributed by atoms with E-state index in [-0.39, 0.29) is 27.2 Å². The molecular weight excluding hydrogens is 346 g/mol. The molecule has 2 aromatic carbocycles. The molecule has 7 heteroatoms. The number of nitrogens with one attached hydrogen (secondary N) is 1. The van der Waals surface area contributed by atoms with E-state index in [1.807, 2.05) is 0 Å². The van der Waals surface area contributed by atoms with Gasteiger partial charge in [-0.25, -0.2) is 8.78 Å². The average molecular weight is 357 g/mol. The van der Waals surface area contributed by atoms with E-state index in [0.717, 1.165) is 12.1 Å². The molecule has 0 saturated carbocycles. The van der Waals surface area contributed by atoms with Gasteiger partial charge in [0.2, 0.25) is 0 Å². The molecule has 21 heavy (non-hydrogen) atoms. The zero-order chi connectivity index (χ0) is 15.6. The highest BCUT2D eigenvalue weighted by Gasteiger charge is 2.18. The number of ether oxygens (including phenoxy) is 1. The zero-order valence-corrected chi connectivity index (χ0v) is 12.5. The number of carbonyl (C=O) groups excluding carboxylic acids is 1. The summed E-state index contributed by atoms with van der Waals surface area (Å²) in [6.07, 6.45) is 0. The van der Waals surface area contributed by atoms with Crippen LogP contribution in [0.1, 0.15) is 10.4 Å². The topological polar surface area (TPSA) is 64.3 Å². The fourth-order valence-electron chi connectivity index (χ4n) is 1.76. The lowest BCUT2D eigenvalue weighted by molar-refractivity contribution is 0.102. The third kappa shape index (κ3) is 3.13. The molecule has 4 nitrogen and oxygen atoms in total. The number of rotatable bonds is 3. The second kappa shape index (κ2) is 6.09. The Morgan fingerprint density at radius 1 is 1.29 bits per heavy atom. The van der Waals surface area contributed by atoms with E-state index in [2.05, 4.69) is 21.2 Å². The summed E-state index contributed by atoms with van der Waals surface area (Å²) in [5.41, 5.74) is 5.67. The van der Waals surface area contributed by atoms with Crippen LogP contribution in [0.3, 0.4) is 0 Å². The summed E-state index contributed by atoms with van der Waals surface area (Å²) < 4.78 is 32.1. The van der Waals surface area contributed by atoms with Crippen molar-refractivity contribution >= 4 is 33.2 Å². The number of methoxy groups -OCH3 is 1. The average Bonchev–Trinajstić information content (AvgIpc) is 2.44. The molecule has 0 heterocycles. The smallest absolute Gasteiger partial charge is 0.261 e. The first-order valence-corrected chi connectivity index (χ1v) is 6.61. The van der Waals surface area contributed by atoms with Crippen LogP contribution in [0.2, 0.25) is 0 Å². The predicted molar refractivity (Wildman–Crippen MR) is 79.4 cm³/mol. The first-order chi connectivity index (χ1) is 9.93. The highest BCUT2D eigenvalue weighted by Crippen LogP contribution is 2.27. The van der Waals surface area contributed by atoms with Crippen LogP contribution in [0.5, 0.6) is 5.75 Å². The zero-order valence-electron chi connectivity index (χ0n) is 10.9. The Morgan fingerprint density at radius 3 is 2.67 bits per heavy atom. The first-order valence-electron chi connectivity index (χ1n) is 5.82. The van der Waals surface area contributed by atoms with Crippen molar-refractivity contribution in [3.63, 3.8) is 0 Å². The minimum Gasteiger partial charge on any atom is -0.496 e. The van der Waals surface area contributed by atoms with Gasteiger partial charge in [-0.2, -0.15) is 0 Å². The summed E-state index contributed by atoms with van der Waals surface area (Å²) in [7, 11) is 1.38. The summed E-state index contributed by atoms with van der Waals surface area (Å²) in [6.45, 7) is 0. The van der Waals surface area contributed by atoms with Gasteiger partial charge in [0, 0.05) is 11.8 Å². The summed E-state index contributed by atoms with van der Waals surface area (Å²) in [6, 6.07) is 6.48. The Labute approximate surface area is 128 Å². The van der Waals surface area contributed by atoms with Gasteiger partial charge in [-0.05, 0) is 34.1 Å². The second-order valence-corrected chi connectivity index (χ2v) is 4.98. The van der Waals surface area contributed by atoms with Gasteiger partial charge in [0.15, 0.2) is 0 Å². The standard InChI is InChI=1S/C14H11BrF2N2O2/c1-21-12-4-2-3-10(18)13(12)14(20)19-11-6-8(16)7(15)5-9(11)17/h2-6H,18H2,1H3,(H,19,20). The van der Waals surface area contributed by atoms with Crippen molar-refractivity contribution in [2.24, 2.45) is 0 Å². The number of benzene rings is 2. The van der Waals surface area contributed by atoms with E-state index in [1.54, 1.807) is 12.1 Å². The van der Waals surface area contributed by atoms with E-state index in [9.17, 15) is 13.6 Å². The largest absolute Gasteiger partial charge is 0.496 e. The van der Waals surface area contributed by atoms with Crippen molar-refractivity contribution in [3.05, 3.63) is 52.0 Å². The van der Waals surface area contributed by atoms with Crippen LogP contribution in [0, 0.1) is 11.6 Å². The molecule has 3 N–H and O–H groups in total. The Morgan fingerprint density at radius 2 is 2.00 bits per heavy atom. The summed E-state index contributed by atoms with van der Waals surface area (Å²) in [5.74, 6) is -1.92. The van der Waals surface area contributed by atoms with E-state index >= 15 is 0 Å². The van der Waals surface area contributed by atoms with E-state index in [4.69, 9.17) is 10.5 Å². The van der Waals surface area contributed by atoms with Crippen molar-refractivity contribution < 1.29 is 18.3 Å². The van der Waals surface area contributed by atoms with Gasteiger partial charge in [-0.1, -0.05) is 6.07 Å². The van der Waals surface area contributed by atoms with E-state index in [1.165, 1.54) is 13.2 Å². The summed E-state index contributed by atoms with van der Waals surface area (Å²) >= 11 is 2.86. The fourth-order valence-corrected chi connectivity index (χ4v) is 2.08. The molecule has 0 aromatic heterocycles. The van der Waals surface area contributed by atoms with Gasteiger partial charge in [0.05, 0.1) is 17.3 Å². The highest BCUT2D eigenvalue weighted by molar-refractivity contribution is 9.10. The van der Waals surface area contributed by atoms with Crippen LogP contribution in [-0.4, -0.2) is 13.0 Å².